The maximum atomic E-state index is 6.19. The first-order chi connectivity index (χ1) is 10.8. The predicted octanol–water partition coefficient (Wildman–Crippen LogP) is 3.60. The molecule has 0 radical (unpaired) electrons. The van der Waals surface area contributed by atoms with E-state index in [0.717, 1.165) is 25.3 Å². The largest absolute Gasteiger partial charge is 0.348 e. The van der Waals surface area contributed by atoms with Gasteiger partial charge in [0.25, 0.3) is 0 Å². The van der Waals surface area contributed by atoms with E-state index >= 15 is 0 Å². The van der Waals surface area contributed by atoms with Crippen molar-refractivity contribution in [2.24, 2.45) is 0 Å². The van der Waals surface area contributed by atoms with Crippen molar-refractivity contribution in [1.29, 1.82) is 0 Å². The Labute approximate surface area is 138 Å². The van der Waals surface area contributed by atoms with Gasteiger partial charge in [-0.05, 0) is 17.7 Å². The van der Waals surface area contributed by atoms with Crippen LogP contribution in [0.4, 0.5) is 0 Å². The Morgan fingerprint density at radius 2 is 2.00 bits per heavy atom. The normalized spacial score (nSPS) is 18.3. The van der Waals surface area contributed by atoms with Crippen molar-refractivity contribution >= 4 is 23.1 Å². The Kier molecular flexibility index (Phi) is 3.70. The second-order valence-electron chi connectivity index (χ2n) is 5.40. The lowest BCUT2D eigenvalue weighted by Crippen LogP contribution is -2.38. The fourth-order valence-electron chi connectivity index (χ4n) is 3.10. The highest BCUT2D eigenvalue weighted by molar-refractivity contribution is 7.10. The zero-order valence-electron chi connectivity index (χ0n) is 11.9. The third-order valence-electron chi connectivity index (χ3n) is 4.12. The molecule has 0 fully saturated rings. The Hall–Kier alpha value is -1.69. The fourth-order valence-corrected chi connectivity index (χ4v) is 3.71. The van der Waals surface area contributed by atoms with E-state index in [-0.39, 0.29) is 6.04 Å². The van der Waals surface area contributed by atoms with Gasteiger partial charge in [-0.25, -0.2) is 0 Å². The van der Waals surface area contributed by atoms with E-state index < -0.39 is 0 Å². The molecule has 0 unspecified atom stereocenters. The Morgan fingerprint density at radius 1 is 1.14 bits per heavy atom. The third-order valence-corrected chi connectivity index (χ3v) is 5.10. The number of fused-ring (bicyclic) bond motifs is 1. The molecule has 3 heterocycles. The topological polar surface area (TPSA) is 34.0 Å². The van der Waals surface area contributed by atoms with Gasteiger partial charge < -0.3 is 4.57 Å². The average molecular weight is 331 g/mol. The first-order valence-electron chi connectivity index (χ1n) is 7.23. The molecule has 1 atom stereocenters. The molecule has 1 aliphatic rings. The van der Waals surface area contributed by atoms with Gasteiger partial charge in [0, 0.05) is 43.1 Å². The van der Waals surface area contributed by atoms with Crippen LogP contribution in [-0.4, -0.2) is 25.6 Å². The molecule has 0 saturated carbocycles. The third kappa shape index (κ3) is 2.45. The lowest BCUT2D eigenvalue weighted by molar-refractivity contribution is 0.172. The molecule has 22 heavy (non-hydrogen) atoms. The Morgan fingerprint density at radius 3 is 2.77 bits per heavy atom. The van der Waals surface area contributed by atoms with Crippen LogP contribution in [-0.2, 0) is 13.1 Å². The first-order valence-corrected chi connectivity index (χ1v) is 8.39. The van der Waals surface area contributed by atoms with Crippen molar-refractivity contribution in [2.45, 2.75) is 19.1 Å². The van der Waals surface area contributed by atoms with Gasteiger partial charge in [0.1, 0.15) is 10.0 Å². The predicted molar refractivity (Wildman–Crippen MR) is 88.0 cm³/mol. The summed E-state index contributed by atoms with van der Waals surface area (Å²) in [6, 6.07) is 15.1. The molecule has 0 saturated heterocycles. The van der Waals surface area contributed by atoms with E-state index in [1.807, 2.05) is 0 Å². The zero-order chi connectivity index (χ0) is 14.9. The molecular weight excluding hydrogens is 316 g/mol. The first kappa shape index (κ1) is 13.9. The summed E-state index contributed by atoms with van der Waals surface area (Å²) in [5.74, 6) is 0. The summed E-state index contributed by atoms with van der Waals surface area (Å²) in [6.07, 6.45) is 2.15. The summed E-state index contributed by atoms with van der Waals surface area (Å²) in [4.78, 5) is 2.42. The molecule has 1 aliphatic heterocycles. The maximum Gasteiger partial charge on any atom is 0.138 e. The molecule has 0 amide bonds. The minimum atomic E-state index is 0.225. The van der Waals surface area contributed by atoms with Crippen LogP contribution in [0.15, 0.2) is 48.7 Å². The SMILES string of the molecule is Clc1snnc1CN1CCn2cccc2[C@H]1c1ccccc1. The number of hydrogen-bond donors (Lipinski definition) is 0. The molecular formula is C16H15ClN4S. The van der Waals surface area contributed by atoms with E-state index in [9.17, 15) is 0 Å². The lowest BCUT2D eigenvalue weighted by Gasteiger charge is -2.37. The quantitative estimate of drug-likeness (QED) is 0.736. The summed E-state index contributed by atoms with van der Waals surface area (Å²) in [5.41, 5.74) is 3.48. The molecule has 1 aromatic carbocycles. The highest BCUT2D eigenvalue weighted by atomic mass is 35.5. The van der Waals surface area contributed by atoms with E-state index in [1.54, 1.807) is 0 Å². The summed E-state index contributed by atoms with van der Waals surface area (Å²) < 4.78 is 6.96. The average Bonchev–Trinajstić information content (AvgIpc) is 3.17. The maximum absolute atomic E-state index is 6.19. The number of hydrogen-bond acceptors (Lipinski definition) is 4. The van der Waals surface area contributed by atoms with Crippen LogP contribution in [0.5, 0.6) is 0 Å². The van der Waals surface area contributed by atoms with Gasteiger partial charge in [-0.3, -0.25) is 4.90 Å². The van der Waals surface area contributed by atoms with Crippen LogP contribution in [0, 0.1) is 0 Å². The van der Waals surface area contributed by atoms with Crippen LogP contribution >= 0.6 is 23.1 Å². The van der Waals surface area contributed by atoms with E-state index in [2.05, 4.69) is 67.7 Å². The van der Waals surface area contributed by atoms with Gasteiger partial charge in [-0.15, -0.1) is 5.10 Å². The van der Waals surface area contributed by atoms with Gasteiger partial charge in [-0.1, -0.05) is 46.4 Å². The summed E-state index contributed by atoms with van der Waals surface area (Å²) in [7, 11) is 0. The van der Waals surface area contributed by atoms with Gasteiger partial charge in [-0.2, -0.15) is 0 Å². The van der Waals surface area contributed by atoms with E-state index in [0.29, 0.717) is 4.34 Å². The molecule has 0 N–H and O–H groups in total. The molecule has 0 spiro atoms. The summed E-state index contributed by atoms with van der Waals surface area (Å²) >= 11 is 7.44. The number of halogens is 1. The van der Waals surface area contributed by atoms with Gasteiger partial charge in [0.15, 0.2) is 0 Å². The van der Waals surface area contributed by atoms with Crippen molar-refractivity contribution in [3.05, 3.63) is 69.9 Å². The lowest BCUT2D eigenvalue weighted by atomic mass is 10.00. The van der Waals surface area contributed by atoms with Gasteiger partial charge in [0.2, 0.25) is 0 Å². The smallest absolute Gasteiger partial charge is 0.138 e. The molecule has 112 valence electrons. The minimum absolute atomic E-state index is 0.225. The molecule has 4 rings (SSSR count). The molecule has 0 bridgehead atoms. The second-order valence-corrected chi connectivity index (χ2v) is 6.76. The molecule has 2 aromatic heterocycles. The second kappa shape index (κ2) is 5.83. The monoisotopic (exact) mass is 330 g/mol. The van der Waals surface area contributed by atoms with Crippen LogP contribution in [0.2, 0.25) is 4.34 Å². The molecule has 0 aliphatic carbocycles. The van der Waals surface area contributed by atoms with Gasteiger partial charge >= 0.3 is 0 Å². The van der Waals surface area contributed by atoms with Crippen LogP contribution in [0.25, 0.3) is 0 Å². The summed E-state index contributed by atoms with van der Waals surface area (Å²) in [6.45, 7) is 2.68. The highest BCUT2D eigenvalue weighted by Gasteiger charge is 2.29. The van der Waals surface area contributed by atoms with Crippen molar-refractivity contribution in [1.82, 2.24) is 19.1 Å². The Balaban J connectivity index is 1.73. The molecule has 3 aromatic rings. The van der Waals surface area contributed by atoms with Crippen molar-refractivity contribution in [2.75, 3.05) is 6.54 Å². The molecule has 6 heteroatoms. The van der Waals surface area contributed by atoms with Crippen LogP contribution in [0.3, 0.4) is 0 Å². The number of rotatable bonds is 3. The highest BCUT2D eigenvalue weighted by Crippen LogP contribution is 2.34. The standard InChI is InChI=1S/C16H15ClN4S/c17-16-13(18-19-22-16)11-21-10-9-20-8-4-7-14(20)15(21)12-5-2-1-3-6-12/h1-8,15H,9-11H2/t15-/m1/s1. The summed E-state index contributed by atoms with van der Waals surface area (Å²) in [5, 5.41) is 4.17. The molecule has 4 nitrogen and oxygen atoms in total. The fraction of sp³-hybridized carbons (Fsp3) is 0.250. The minimum Gasteiger partial charge on any atom is -0.348 e. The number of benzene rings is 1. The van der Waals surface area contributed by atoms with E-state index in [1.165, 1.54) is 22.8 Å². The van der Waals surface area contributed by atoms with E-state index in [4.69, 9.17) is 11.6 Å². The van der Waals surface area contributed by atoms with Crippen LogP contribution < -0.4 is 0 Å². The van der Waals surface area contributed by atoms with Crippen molar-refractivity contribution < 1.29 is 0 Å². The van der Waals surface area contributed by atoms with Crippen molar-refractivity contribution in [3.8, 4) is 0 Å². The zero-order valence-corrected chi connectivity index (χ0v) is 13.5. The van der Waals surface area contributed by atoms with Gasteiger partial charge in [0.05, 0.1) is 6.04 Å². The number of nitrogens with zero attached hydrogens (tertiary/aromatic N) is 4. The number of aromatic nitrogens is 3. The van der Waals surface area contributed by atoms with Crippen molar-refractivity contribution in [3.63, 3.8) is 0 Å². The Bertz CT molecular complexity index is 767. The van der Waals surface area contributed by atoms with Crippen LogP contribution in [0.1, 0.15) is 23.0 Å².